The summed E-state index contributed by atoms with van der Waals surface area (Å²) in [7, 11) is 0. The van der Waals surface area contributed by atoms with Gasteiger partial charge < -0.3 is 10.2 Å². The van der Waals surface area contributed by atoms with Gasteiger partial charge in [0.15, 0.2) is 0 Å². The predicted octanol–water partition coefficient (Wildman–Crippen LogP) is 4.28. The van der Waals surface area contributed by atoms with E-state index >= 15 is 0 Å². The van der Waals surface area contributed by atoms with Crippen molar-refractivity contribution in [1.29, 1.82) is 0 Å². The Morgan fingerprint density at radius 2 is 1.79 bits per heavy atom. The molecule has 2 amide bonds. The summed E-state index contributed by atoms with van der Waals surface area (Å²) in [4.78, 5) is 13.8. The molecular weight excluding hydrogens is 283 g/mol. The van der Waals surface area contributed by atoms with E-state index < -0.39 is 5.54 Å². The van der Waals surface area contributed by atoms with Crippen LogP contribution < -0.4 is 5.32 Å². The summed E-state index contributed by atoms with van der Waals surface area (Å²) in [5.74, 6) is 0. The van der Waals surface area contributed by atoms with Gasteiger partial charge in [0.1, 0.15) is 0 Å². The highest BCUT2D eigenvalue weighted by Crippen LogP contribution is 2.28. The molecule has 3 nitrogen and oxygen atoms in total. The molecule has 0 saturated heterocycles. The number of carbonyl (C=O) groups excluding carboxylic acids is 1. The first-order valence-electron chi connectivity index (χ1n) is 6.34. The van der Waals surface area contributed by atoms with Gasteiger partial charge >= 0.3 is 6.03 Å². The highest BCUT2D eigenvalue weighted by Gasteiger charge is 2.25. The van der Waals surface area contributed by atoms with Crippen LogP contribution in [-0.2, 0) is 5.54 Å². The van der Waals surface area contributed by atoms with Gasteiger partial charge in [-0.3, -0.25) is 0 Å². The fourth-order valence-corrected chi connectivity index (χ4v) is 2.11. The van der Waals surface area contributed by atoms with Gasteiger partial charge in [0, 0.05) is 13.1 Å². The van der Waals surface area contributed by atoms with Crippen LogP contribution in [0, 0.1) is 0 Å². The lowest BCUT2D eigenvalue weighted by atomic mass is 9.94. The molecule has 19 heavy (non-hydrogen) atoms. The summed E-state index contributed by atoms with van der Waals surface area (Å²) < 4.78 is 0. The Labute approximate surface area is 124 Å². The fourth-order valence-electron chi connectivity index (χ4n) is 1.81. The summed E-state index contributed by atoms with van der Waals surface area (Å²) in [6.45, 7) is 9.14. The molecule has 0 aliphatic rings. The van der Waals surface area contributed by atoms with Crippen molar-refractivity contribution in [3.05, 3.63) is 33.8 Å². The van der Waals surface area contributed by atoms with Crippen molar-refractivity contribution in [2.75, 3.05) is 13.1 Å². The minimum absolute atomic E-state index is 0.0823. The zero-order valence-corrected chi connectivity index (χ0v) is 13.3. The molecule has 106 valence electrons. The molecule has 0 aliphatic heterocycles. The first kappa shape index (κ1) is 16.1. The van der Waals surface area contributed by atoms with E-state index in [-0.39, 0.29) is 6.03 Å². The van der Waals surface area contributed by atoms with Gasteiger partial charge in [0.25, 0.3) is 0 Å². The van der Waals surface area contributed by atoms with Gasteiger partial charge in [0.2, 0.25) is 0 Å². The molecule has 0 fully saturated rings. The summed E-state index contributed by atoms with van der Waals surface area (Å²) >= 11 is 11.9. The molecule has 0 atom stereocenters. The second kappa shape index (κ2) is 6.49. The van der Waals surface area contributed by atoms with Crippen LogP contribution >= 0.6 is 23.2 Å². The van der Waals surface area contributed by atoms with E-state index in [1.807, 2.05) is 33.8 Å². The third-order valence-corrected chi connectivity index (χ3v) is 3.85. The lowest BCUT2D eigenvalue weighted by Gasteiger charge is -2.30. The Kier molecular flexibility index (Phi) is 5.50. The number of nitrogens with one attached hydrogen (secondary N) is 1. The predicted molar refractivity (Wildman–Crippen MR) is 80.9 cm³/mol. The van der Waals surface area contributed by atoms with Crippen LogP contribution in [-0.4, -0.2) is 24.0 Å². The summed E-state index contributed by atoms with van der Waals surface area (Å²) in [6, 6.07) is 5.31. The minimum atomic E-state index is -0.506. The SMILES string of the molecule is CCN(CC)C(=O)NC(C)(C)c1ccc(Cl)c(Cl)c1. The molecule has 1 rings (SSSR count). The number of urea groups is 1. The number of halogens is 2. The van der Waals surface area contributed by atoms with E-state index in [4.69, 9.17) is 23.2 Å². The standard InChI is InChI=1S/C14H20Cl2N2O/c1-5-18(6-2)13(19)17-14(3,4)10-7-8-11(15)12(16)9-10/h7-9H,5-6H2,1-4H3,(H,17,19). The van der Waals surface area contributed by atoms with Crippen LogP contribution in [0.5, 0.6) is 0 Å². The van der Waals surface area contributed by atoms with Crippen LogP contribution in [0.1, 0.15) is 33.3 Å². The van der Waals surface area contributed by atoms with Crippen LogP contribution in [0.4, 0.5) is 4.79 Å². The largest absolute Gasteiger partial charge is 0.329 e. The zero-order chi connectivity index (χ0) is 14.6. The van der Waals surface area contributed by atoms with E-state index in [0.29, 0.717) is 23.1 Å². The smallest absolute Gasteiger partial charge is 0.318 e. The molecule has 5 heteroatoms. The Balaban J connectivity index is 2.91. The van der Waals surface area contributed by atoms with Gasteiger partial charge in [-0.1, -0.05) is 29.3 Å². The first-order valence-corrected chi connectivity index (χ1v) is 7.10. The Morgan fingerprint density at radius 3 is 2.26 bits per heavy atom. The van der Waals surface area contributed by atoms with Crippen molar-refractivity contribution >= 4 is 29.2 Å². The quantitative estimate of drug-likeness (QED) is 0.884. The number of benzene rings is 1. The average Bonchev–Trinajstić information content (AvgIpc) is 2.33. The van der Waals surface area contributed by atoms with Crippen molar-refractivity contribution in [3.63, 3.8) is 0 Å². The number of amides is 2. The zero-order valence-electron chi connectivity index (χ0n) is 11.8. The van der Waals surface area contributed by atoms with E-state index in [2.05, 4.69) is 5.32 Å². The summed E-state index contributed by atoms with van der Waals surface area (Å²) in [5, 5.41) is 4.01. The molecule has 1 aromatic carbocycles. The van der Waals surface area contributed by atoms with Crippen LogP contribution in [0.15, 0.2) is 18.2 Å². The van der Waals surface area contributed by atoms with E-state index in [9.17, 15) is 4.79 Å². The third-order valence-electron chi connectivity index (χ3n) is 3.11. The molecular formula is C14H20Cl2N2O. The molecule has 0 bridgehead atoms. The third kappa shape index (κ3) is 4.02. The maximum atomic E-state index is 12.1. The molecule has 0 spiro atoms. The second-order valence-electron chi connectivity index (χ2n) is 4.86. The molecule has 0 saturated carbocycles. The van der Waals surface area contributed by atoms with Crippen molar-refractivity contribution in [2.24, 2.45) is 0 Å². The molecule has 1 aromatic rings. The highest BCUT2D eigenvalue weighted by atomic mass is 35.5. The first-order chi connectivity index (χ1) is 8.81. The van der Waals surface area contributed by atoms with Crippen LogP contribution in [0.3, 0.4) is 0 Å². The van der Waals surface area contributed by atoms with Crippen molar-refractivity contribution in [2.45, 2.75) is 33.2 Å². The van der Waals surface area contributed by atoms with Gasteiger partial charge in [-0.05, 0) is 45.4 Å². The lowest BCUT2D eigenvalue weighted by Crippen LogP contribution is -2.48. The number of hydrogen-bond acceptors (Lipinski definition) is 1. The van der Waals surface area contributed by atoms with E-state index in [0.717, 1.165) is 5.56 Å². The molecule has 1 N–H and O–H groups in total. The average molecular weight is 303 g/mol. The Bertz CT molecular complexity index is 457. The van der Waals surface area contributed by atoms with Crippen molar-refractivity contribution in [3.8, 4) is 0 Å². The molecule has 0 aliphatic carbocycles. The topological polar surface area (TPSA) is 32.3 Å². The lowest BCUT2D eigenvalue weighted by molar-refractivity contribution is 0.192. The molecule has 0 heterocycles. The van der Waals surface area contributed by atoms with Gasteiger partial charge in [-0.2, -0.15) is 0 Å². The maximum Gasteiger partial charge on any atom is 0.318 e. The summed E-state index contributed by atoms with van der Waals surface area (Å²) in [6.07, 6.45) is 0. The van der Waals surface area contributed by atoms with Crippen LogP contribution in [0.25, 0.3) is 0 Å². The van der Waals surface area contributed by atoms with Gasteiger partial charge in [-0.25, -0.2) is 4.79 Å². The summed E-state index contributed by atoms with van der Waals surface area (Å²) in [5.41, 5.74) is 0.413. The minimum Gasteiger partial charge on any atom is -0.329 e. The van der Waals surface area contributed by atoms with E-state index in [1.54, 1.807) is 17.0 Å². The van der Waals surface area contributed by atoms with Crippen molar-refractivity contribution in [1.82, 2.24) is 10.2 Å². The maximum absolute atomic E-state index is 12.1. The normalized spacial score (nSPS) is 11.3. The Hall–Kier alpha value is -0.930. The number of rotatable bonds is 4. The van der Waals surface area contributed by atoms with Crippen LogP contribution in [0.2, 0.25) is 10.0 Å². The van der Waals surface area contributed by atoms with Gasteiger partial charge in [-0.15, -0.1) is 0 Å². The Morgan fingerprint density at radius 1 is 1.21 bits per heavy atom. The highest BCUT2D eigenvalue weighted by molar-refractivity contribution is 6.42. The molecule has 0 aromatic heterocycles. The second-order valence-corrected chi connectivity index (χ2v) is 5.67. The number of nitrogens with zero attached hydrogens (tertiary/aromatic N) is 1. The molecule has 0 unspecified atom stereocenters. The van der Waals surface area contributed by atoms with E-state index in [1.165, 1.54) is 0 Å². The van der Waals surface area contributed by atoms with Gasteiger partial charge in [0.05, 0.1) is 15.6 Å². The molecule has 0 radical (unpaired) electrons. The van der Waals surface area contributed by atoms with Crippen molar-refractivity contribution < 1.29 is 4.79 Å². The fraction of sp³-hybridized carbons (Fsp3) is 0.500. The number of hydrogen-bond donors (Lipinski definition) is 1. The monoisotopic (exact) mass is 302 g/mol. The number of carbonyl (C=O) groups is 1.